The Balaban J connectivity index is 1.64. The molecule has 2 aromatic heterocycles. The first kappa shape index (κ1) is 14.3. The largest absolute Gasteiger partial charge is 0.461 e. The van der Waals surface area contributed by atoms with Gasteiger partial charge in [0.25, 0.3) is 5.89 Å². The molecule has 1 N–H and O–H groups in total. The Hall–Kier alpha value is -2.26. The van der Waals surface area contributed by atoms with Crippen LogP contribution in [0.15, 0.2) is 33.4 Å². The maximum absolute atomic E-state index is 13.6. The molecule has 1 saturated carbocycles. The molecule has 0 bridgehead atoms. The number of rotatable bonds is 5. The Labute approximate surface area is 130 Å². The van der Waals surface area contributed by atoms with Crippen LogP contribution in [-0.4, -0.2) is 24.6 Å². The van der Waals surface area contributed by atoms with Gasteiger partial charge in [-0.1, -0.05) is 5.16 Å². The second-order valence-electron chi connectivity index (χ2n) is 5.43. The summed E-state index contributed by atoms with van der Waals surface area (Å²) >= 11 is 0. The maximum atomic E-state index is 13.6. The number of fused-ring (bicyclic) bond motifs is 1. The predicted octanol–water partition coefficient (Wildman–Crippen LogP) is 2.20. The lowest BCUT2D eigenvalue weighted by Crippen LogP contribution is -2.27. The Morgan fingerprint density at radius 1 is 1.30 bits per heavy atom. The summed E-state index contributed by atoms with van der Waals surface area (Å²) in [5, 5.41) is 4.17. The average Bonchev–Trinajstić information content (AvgIpc) is 3.00. The minimum Gasteiger partial charge on any atom is -0.461 e. The number of hydrogen-bond acceptors (Lipinski definition) is 6. The highest BCUT2D eigenvalue weighted by atomic mass is 32.2. The van der Waals surface area contributed by atoms with Gasteiger partial charge in [0.15, 0.2) is 17.2 Å². The Morgan fingerprint density at radius 3 is 2.91 bits per heavy atom. The summed E-state index contributed by atoms with van der Waals surface area (Å²) in [6.07, 6.45) is 3.06. The molecule has 4 rings (SSSR count). The van der Waals surface area contributed by atoms with Crippen LogP contribution in [0.4, 0.5) is 4.39 Å². The van der Waals surface area contributed by atoms with Crippen LogP contribution in [0, 0.1) is 5.82 Å². The molecule has 1 aliphatic rings. The number of nitrogens with zero attached hydrogens (tertiary/aromatic N) is 2. The highest BCUT2D eigenvalue weighted by Gasteiger charge is 2.28. The molecule has 1 fully saturated rings. The van der Waals surface area contributed by atoms with E-state index in [1.165, 1.54) is 18.4 Å². The molecule has 7 nitrogen and oxygen atoms in total. The van der Waals surface area contributed by atoms with Gasteiger partial charge in [0.05, 0.1) is 11.8 Å². The van der Waals surface area contributed by atoms with Gasteiger partial charge in [-0.3, -0.25) is 0 Å². The van der Waals surface area contributed by atoms with Gasteiger partial charge in [0.2, 0.25) is 10.0 Å². The van der Waals surface area contributed by atoms with E-state index in [9.17, 15) is 12.8 Å². The molecule has 0 atom stereocenters. The Morgan fingerprint density at radius 2 is 2.13 bits per heavy atom. The summed E-state index contributed by atoms with van der Waals surface area (Å²) in [5.41, 5.74) is 0.576. The summed E-state index contributed by atoms with van der Waals surface area (Å²) < 4.78 is 50.2. The van der Waals surface area contributed by atoms with Gasteiger partial charge in [-0.15, -0.1) is 0 Å². The van der Waals surface area contributed by atoms with Crippen molar-refractivity contribution < 1.29 is 21.7 Å². The molecule has 0 spiro atoms. The molecule has 0 radical (unpaired) electrons. The molecule has 1 aliphatic carbocycles. The topological polar surface area (TPSA) is 98.2 Å². The molecule has 0 saturated heterocycles. The monoisotopic (exact) mass is 337 g/mol. The number of hydrogen-bond donors (Lipinski definition) is 1. The van der Waals surface area contributed by atoms with E-state index in [0.29, 0.717) is 10.9 Å². The molecule has 9 heteroatoms. The summed E-state index contributed by atoms with van der Waals surface area (Å²) in [7, 11) is -3.49. The number of sulfonamides is 1. The lowest BCUT2D eigenvalue weighted by molar-refractivity contribution is 0.424. The van der Waals surface area contributed by atoms with E-state index in [1.807, 2.05) is 0 Å². The van der Waals surface area contributed by atoms with E-state index in [-0.39, 0.29) is 29.1 Å². The number of nitrogens with one attached hydrogen (secondary N) is 1. The fraction of sp³-hybridized carbons (Fsp3) is 0.286. The zero-order valence-corrected chi connectivity index (χ0v) is 12.6. The smallest absolute Gasteiger partial charge is 0.258 e. The fourth-order valence-corrected chi connectivity index (χ4v) is 3.59. The second-order valence-corrected chi connectivity index (χ2v) is 7.18. The third-order valence-corrected chi connectivity index (χ3v) is 4.84. The number of halogens is 1. The predicted molar refractivity (Wildman–Crippen MR) is 78.2 cm³/mol. The highest BCUT2D eigenvalue weighted by molar-refractivity contribution is 7.88. The first-order valence-corrected chi connectivity index (χ1v) is 8.66. The van der Waals surface area contributed by atoms with Crippen LogP contribution in [0.2, 0.25) is 0 Å². The van der Waals surface area contributed by atoms with Crippen LogP contribution in [-0.2, 0) is 15.8 Å². The van der Waals surface area contributed by atoms with Crippen molar-refractivity contribution >= 4 is 21.0 Å². The standard InChI is InChI=1S/C14H12FN3O4S/c15-11-4-3-10(9-5-6-21-13(9)11)14-16-12(17-22-14)7-23(19,20)18-8-1-2-8/h3-6,8,18H,1-2,7H2. The number of benzene rings is 1. The molecule has 1 aromatic carbocycles. The normalized spacial score (nSPS) is 15.3. The van der Waals surface area contributed by atoms with Crippen molar-refractivity contribution in [3.8, 4) is 11.5 Å². The maximum Gasteiger partial charge on any atom is 0.258 e. The van der Waals surface area contributed by atoms with Gasteiger partial charge in [0, 0.05) is 11.4 Å². The summed E-state index contributed by atoms with van der Waals surface area (Å²) in [6, 6.07) is 4.33. The SMILES string of the molecule is O=S(=O)(Cc1noc(-c2ccc(F)c3occc23)n1)NC1CC1. The average molecular weight is 337 g/mol. The lowest BCUT2D eigenvalue weighted by atomic mass is 10.1. The summed E-state index contributed by atoms with van der Waals surface area (Å²) in [4.78, 5) is 4.09. The fourth-order valence-electron chi connectivity index (χ4n) is 2.30. The van der Waals surface area contributed by atoms with Crippen LogP contribution in [0.5, 0.6) is 0 Å². The van der Waals surface area contributed by atoms with E-state index < -0.39 is 15.8 Å². The zero-order valence-electron chi connectivity index (χ0n) is 11.8. The van der Waals surface area contributed by atoms with Gasteiger partial charge in [-0.05, 0) is 31.0 Å². The Bertz CT molecular complexity index is 975. The lowest BCUT2D eigenvalue weighted by Gasteiger charge is -2.01. The van der Waals surface area contributed by atoms with Crippen LogP contribution in [0.1, 0.15) is 18.7 Å². The molecule has 0 amide bonds. The molecule has 23 heavy (non-hydrogen) atoms. The van der Waals surface area contributed by atoms with Gasteiger partial charge < -0.3 is 8.94 Å². The van der Waals surface area contributed by atoms with E-state index in [1.54, 1.807) is 6.07 Å². The number of furan rings is 1. The van der Waals surface area contributed by atoms with E-state index in [4.69, 9.17) is 8.94 Å². The quantitative estimate of drug-likeness (QED) is 0.766. The van der Waals surface area contributed by atoms with Crippen molar-refractivity contribution in [1.29, 1.82) is 0 Å². The van der Waals surface area contributed by atoms with E-state index in [2.05, 4.69) is 14.9 Å². The van der Waals surface area contributed by atoms with Crippen molar-refractivity contribution in [3.63, 3.8) is 0 Å². The van der Waals surface area contributed by atoms with Gasteiger partial charge in [0.1, 0.15) is 5.75 Å². The molecule has 120 valence electrons. The third kappa shape index (κ3) is 2.84. The van der Waals surface area contributed by atoms with Crippen molar-refractivity contribution in [3.05, 3.63) is 36.1 Å². The van der Waals surface area contributed by atoms with Gasteiger partial charge in [-0.25, -0.2) is 17.5 Å². The van der Waals surface area contributed by atoms with Crippen LogP contribution in [0.25, 0.3) is 22.4 Å². The Kier molecular flexibility index (Phi) is 3.20. The first-order valence-electron chi connectivity index (χ1n) is 7.00. The van der Waals surface area contributed by atoms with Crippen LogP contribution >= 0.6 is 0 Å². The van der Waals surface area contributed by atoms with Crippen LogP contribution in [0.3, 0.4) is 0 Å². The highest BCUT2D eigenvalue weighted by Crippen LogP contribution is 2.30. The van der Waals surface area contributed by atoms with E-state index in [0.717, 1.165) is 12.8 Å². The molecule has 3 aromatic rings. The van der Waals surface area contributed by atoms with E-state index >= 15 is 0 Å². The van der Waals surface area contributed by atoms with Gasteiger partial charge >= 0.3 is 0 Å². The molecule has 0 aliphatic heterocycles. The summed E-state index contributed by atoms with van der Waals surface area (Å²) in [6.45, 7) is 0. The number of aromatic nitrogens is 2. The third-order valence-electron chi connectivity index (χ3n) is 3.51. The molecular formula is C14H12FN3O4S. The van der Waals surface area contributed by atoms with Crippen molar-refractivity contribution in [2.45, 2.75) is 24.6 Å². The van der Waals surface area contributed by atoms with Crippen molar-refractivity contribution in [2.24, 2.45) is 0 Å². The first-order chi connectivity index (χ1) is 11.0. The second kappa shape index (κ2) is 5.14. The minimum absolute atomic E-state index is 0.0222. The van der Waals surface area contributed by atoms with Gasteiger partial charge in [-0.2, -0.15) is 4.98 Å². The summed E-state index contributed by atoms with van der Waals surface area (Å²) in [5.74, 6) is -0.685. The minimum atomic E-state index is -3.49. The van der Waals surface area contributed by atoms with Crippen molar-refractivity contribution in [2.75, 3.05) is 0 Å². The molecule has 0 unspecified atom stereocenters. The molecular weight excluding hydrogens is 325 g/mol. The van der Waals surface area contributed by atoms with Crippen LogP contribution < -0.4 is 4.72 Å². The van der Waals surface area contributed by atoms with Crippen molar-refractivity contribution in [1.82, 2.24) is 14.9 Å². The molecule has 2 heterocycles. The zero-order chi connectivity index (χ0) is 16.0.